The molecule has 0 radical (unpaired) electrons. The van der Waals surface area contributed by atoms with Gasteiger partial charge in [0.05, 0.1) is 17.6 Å². The van der Waals surface area contributed by atoms with Crippen molar-refractivity contribution in [1.82, 2.24) is 15.0 Å². The van der Waals surface area contributed by atoms with Gasteiger partial charge < -0.3 is 9.72 Å². The molecule has 0 amide bonds. The van der Waals surface area contributed by atoms with E-state index in [9.17, 15) is 4.79 Å². The zero-order chi connectivity index (χ0) is 13.8. The van der Waals surface area contributed by atoms with E-state index in [4.69, 9.17) is 4.74 Å². The lowest BCUT2D eigenvalue weighted by atomic mass is 10.1. The van der Waals surface area contributed by atoms with Crippen molar-refractivity contribution in [2.75, 3.05) is 6.61 Å². The van der Waals surface area contributed by atoms with Crippen LogP contribution in [-0.2, 0) is 0 Å². The van der Waals surface area contributed by atoms with E-state index < -0.39 is 0 Å². The molecule has 19 heavy (non-hydrogen) atoms. The molecular weight excluding hydrogens is 242 g/mol. The van der Waals surface area contributed by atoms with Gasteiger partial charge in [0, 0.05) is 6.20 Å². The molecule has 0 aliphatic rings. The molecule has 5 heteroatoms. The Morgan fingerprint density at radius 1 is 1.47 bits per heavy atom. The Kier molecular flexibility index (Phi) is 3.94. The van der Waals surface area contributed by atoms with Crippen LogP contribution in [0, 0.1) is 5.92 Å². The zero-order valence-electron chi connectivity index (χ0n) is 11.3. The number of hydrogen-bond donors (Lipinski definition) is 1. The summed E-state index contributed by atoms with van der Waals surface area (Å²) in [7, 11) is 0. The SMILES string of the molecule is C/C=C\C(=O)c1c[nH]c2ncnc(OCC(C)C)c12. The first-order valence-corrected chi connectivity index (χ1v) is 6.25. The van der Waals surface area contributed by atoms with Gasteiger partial charge >= 0.3 is 0 Å². The lowest BCUT2D eigenvalue weighted by molar-refractivity contribution is 0.104. The minimum absolute atomic E-state index is 0.0852. The standard InChI is InChI=1S/C14H17N3O2/c1-4-5-11(18)10-6-15-13-12(10)14(17-8-16-13)19-7-9(2)3/h4-6,8-9H,7H2,1-3H3,(H,15,16,17)/b5-4-. The van der Waals surface area contributed by atoms with Crippen LogP contribution in [-0.4, -0.2) is 27.3 Å². The lowest BCUT2D eigenvalue weighted by Gasteiger charge is -2.08. The van der Waals surface area contributed by atoms with E-state index in [1.54, 1.807) is 19.2 Å². The number of carbonyl (C=O) groups is 1. The maximum atomic E-state index is 12.0. The summed E-state index contributed by atoms with van der Waals surface area (Å²) >= 11 is 0. The number of H-pyrrole nitrogens is 1. The van der Waals surface area contributed by atoms with E-state index in [0.29, 0.717) is 35.0 Å². The molecule has 0 aliphatic heterocycles. The topological polar surface area (TPSA) is 67.9 Å². The first kappa shape index (κ1) is 13.3. The number of nitrogens with one attached hydrogen (secondary N) is 1. The van der Waals surface area contributed by atoms with Gasteiger partial charge in [0.2, 0.25) is 5.88 Å². The van der Waals surface area contributed by atoms with E-state index in [1.165, 1.54) is 12.4 Å². The van der Waals surface area contributed by atoms with Crippen LogP contribution in [0.5, 0.6) is 5.88 Å². The van der Waals surface area contributed by atoms with Crippen LogP contribution >= 0.6 is 0 Å². The van der Waals surface area contributed by atoms with Crippen LogP contribution in [0.2, 0.25) is 0 Å². The third kappa shape index (κ3) is 2.81. The molecule has 5 nitrogen and oxygen atoms in total. The van der Waals surface area contributed by atoms with Gasteiger partial charge in [-0.25, -0.2) is 9.97 Å². The Morgan fingerprint density at radius 3 is 2.95 bits per heavy atom. The number of ketones is 1. The van der Waals surface area contributed by atoms with Crippen LogP contribution in [0.1, 0.15) is 31.1 Å². The number of ether oxygens (including phenoxy) is 1. The summed E-state index contributed by atoms with van der Waals surface area (Å²) in [5.74, 6) is 0.754. The van der Waals surface area contributed by atoms with Gasteiger partial charge in [-0.15, -0.1) is 0 Å². The molecule has 0 aliphatic carbocycles. The summed E-state index contributed by atoms with van der Waals surface area (Å²) in [6.45, 7) is 6.47. The molecule has 0 saturated carbocycles. The van der Waals surface area contributed by atoms with Crippen LogP contribution in [0.3, 0.4) is 0 Å². The van der Waals surface area contributed by atoms with Gasteiger partial charge in [0.1, 0.15) is 12.0 Å². The van der Waals surface area contributed by atoms with Gasteiger partial charge in [-0.3, -0.25) is 4.79 Å². The highest BCUT2D eigenvalue weighted by atomic mass is 16.5. The van der Waals surface area contributed by atoms with E-state index in [2.05, 4.69) is 28.8 Å². The van der Waals surface area contributed by atoms with E-state index in [-0.39, 0.29) is 5.78 Å². The average Bonchev–Trinajstić information content (AvgIpc) is 2.81. The molecule has 0 saturated heterocycles. The first-order chi connectivity index (χ1) is 9.13. The van der Waals surface area contributed by atoms with Crippen LogP contribution in [0.25, 0.3) is 11.0 Å². The van der Waals surface area contributed by atoms with Crippen molar-refractivity contribution in [3.05, 3.63) is 30.2 Å². The van der Waals surface area contributed by atoms with Gasteiger partial charge in [0.25, 0.3) is 0 Å². The summed E-state index contributed by atoms with van der Waals surface area (Å²) in [6, 6.07) is 0. The van der Waals surface area contributed by atoms with E-state index in [0.717, 1.165) is 0 Å². The maximum Gasteiger partial charge on any atom is 0.226 e. The predicted molar refractivity (Wildman–Crippen MR) is 73.4 cm³/mol. The average molecular weight is 259 g/mol. The Hall–Kier alpha value is -2.17. The number of fused-ring (bicyclic) bond motifs is 1. The quantitative estimate of drug-likeness (QED) is 0.662. The van der Waals surface area contributed by atoms with Gasteiger partial charge in [-0.1, -0.05) is 19.9 Å². The maximum absolute atomic E-state index is 12.0. The molecule has 0 aromatic carbocycles. The molecule has 1 N–H and O–H groups in total. The molecule has 0 fully saturated rings. The summed E-state index contributed by atoms with van der Waals surface area (Å²) in [4.78, 5) is 23.2. The number of allylic oxidation sites excluding steroid dienone is 2. The number of rotatable bonds is 5. The van der Waals surface area contributed by atoms with Crippen molar-refractivity contribution < 1.29 is 9.53 Å². The second-order valence-electron chi connectivity index (χ2n) is 4.67. The number of aromatic amines is 1. The fraction of sp³-hybridized carbons (Fsp3) is 0.357. The highest BCUT2D eigenvalue weighted by molar-refractivity contribution is 6.13. The largest absolute Gasteiger partial charge is 0.477 e. The molecule has 0 atom stereocenters. The summed E-state index contributed by atoms with van der Waals surface area (Å²) < 4.78 is 5.66. The molecule has 0 spiro atoms. The lowest BCUT2D eigenvalue weighted by Crippen LogP contribution is -2.07. The smallest absolute Gasteiger partial charge is 0.226 e. The zero-order valence-corrected chi connectivity index (χ0v) is 11.3. The van der Waals surface area contributed by atoms with E-state index >= 15 is 0 Å². The van der Waals surface area contributed by atoms with Gasteiger partial charge in [-0.2, -0.15) is 0 Å². The van der Waals surface area contributed by atoms with Crippen LogP contribution < -0.4 is 4.74 Å². The summed E-state index contributed by atoms with van der Waals surface area (Å²) in [5, 5.41) is 0.645. The summed E-state index contributed by atoms with van der Waals surface area (Å²) in [5.41, 5.74) is 1.15. The van der Waals surface area contributed by atoms with Crippen LogP contribution in [0.4, 0.5) is 0 Å². The minimum atomic E-state index is -0.0852. The third-order valence-electron chi connectivity index (χ3n) is 2.57. The van der Waals surface area contributed by atoms with Gasteiger partial charge in [-0.05, 0) is 18.9 Å². The molecule has 2 rings (SSSR count). The molecule has 2 aromatic rings. The molecule has 0 bridgehead atoms. The fourth-order valence-corrected chi connectivity index (χ4v) is 1.72. The number of hydrogen-bond acceptors (Lipinski definition) is 4. The van der Waals surface area contributed by atoms with Crippen molar-refractivity contribution in [2.24, 2.45) is 5.92 Å². The molecule has 2 heterocycles. The molecule has 0 unspecified atom stereocenters. The summed E-state index contributed by atoms with van der Waals surface area (Å²) in [6.07, 6.45) is 6.30. The number of aromatic nitrogens is 3. The highest BCUT2D eigenvalue weighted by Gasteiger charge is 2.16. The normalized spacial score (nSPS) is 11.6. The van der Waals surface area contributed by atoms with Crippen molar-refractivity contribution in [3.8, 4) is 5.88 Å². The third-order valence-corrected chi connectivity index (χ3v) is 2.57. The number of carbonyl (C=O) groups excluding carboxylic acids is 1. The minimum Gasteiger partial charge on any atom is -0.477 e. The number of nitrogens with zero attached hydrogens (tertiary/aromatic N) is 2. The van der Waals surface area contributed by atoms with Crippen molar-refractivity contribution in [2.45, 2.75) is 20.8 Å². The first-order valence-electron chi connectivity index (χ1n) is 6.25. The van der Waals surface area contributed by atoms with Crippen LogP contribution in [0.15, 0.2) is 24.7 Å². The fourth-order valence-electron chi connectivity index (χ4n) is 1.72. The van der Waals surface area contributed by atoms with Gasteiger partial charge in [0.15, 0.2) is 5.78 Å². The Morgan fingerprint density at radius 2 is 2.26 bits per heavy atom. The monoisotopic (exact) mass is 259 g/mol. The molecular formula is C14H17N3O2. The van der Waals surface area contributed by atoms with Crippen molar-refractivity contribution in [3.63, 3.8) is 0 Å². The van der Waals surface area contributed by atoms with E-state index in [1.807, 2.05) is 0 Å². The predicted octanol–water partition coefficient (Wildman–Crippen LogP) is 2.75. The Labute approximate surface area is 111 Å². The Balaban J connectivity index is 2.46. The highest BCUT2D eigenvalue weighted by Crippen LogP contribution is 2.26. The molecule has 2 aromatic heterocycles. The van der Waals surface area contributed by atoms with Crippen molar-refractivity contribution in [1.29, 1.82) is 0 Å². The van der Waals surface area contributed by atoms with Crippen molar-refractivity contribution >= 4 is 16.8 Å². The second kappa shape index (κ2) is 5.65. The molecule has 100 valence electrons. The second-order valence-corrected chi connectivity index (χ2v) is 4.67. The Bertz CT molecular complexity index is 614.